The quantitative estimate of drug-likeness (QED) is 0.468. The van der Waals surface area contributed by atoms with Gasteiger partial charge in [0.15, 0.2) is 0 Å². The first-order valence-corrected chi connectivity index (χ1v) is 8.90. The summed E-state index contributed by atoms with van der Waals surface area (Å²) in [6.45, 7) is 2.44. The Morgan fingerprint density at radius 1 is 1.22 bits per heavy atom. The Balaban J connectivity index is 1.73. The second-order valence-corrected chi connectivity index (χ2v) is 6.24. The fraction of sp³-hybridized carbons (Fsp3) is 0.105. The van der Waals surface area contributed by atoms with Crippen LogP contribution in [0.4, 0.5) is 0 Å². The van der Waals surface area contributed by atoms with Gasteiger partial charge in [0, 0.05) is 11.1 Å². The van der Waals surface area contributed by atoms with Crippen molar-refractivity contribution in [1.29, 1.82) is 0 Å². The number of hydrazone groups is 1. The molecule has 0 radical (unpaired) electrons. The van der Waals surface area contributed by atoms with Gasteiger partial charge in [0.2, 0.25) is 0 Å². The number of amides is 1. The zero-order valence-electron chi connectivity index (χ0n) is 14.4. The molecule has 0 aliphatic heterocycles. The molecule has 2 aromatic carbocycles. The van der Waals surface area contributed by atoms with Crippen molar-refractivity contribution in [3.8, 4) is 17.0 Å². The molecular formula is C19H16Cl2N4O2. The van der Waals surface area contributed by atoms with E-state index in [2.05, 4.69) is 20.7 Å². The number of hydrogen-bond acceptors (Lipinski definition) is 4. The Morgan fingerprint density at radius 2 is 1.96 bits per heavy atom. The second-order valence-electron chi connectivity index (χ2n) is 5.43. The third-order valence-corrected chi connectivity index (χ3v) is 4.30. The summed E-state index contributed by atoms with van der Waals surface area (Å²) in [6.07, 6.45) is 1.39. The molecule has 0 atom stereocenters. The number of H-pyrrole nitrogens is 1. The number of benzene rings is 2. The molecule has 0 bridgehead atoms. The van der Waals surface area contributed by atoms with Gasteiger partial charge in [0.05, 0.1) is 28.6 Å². The summed E-state index contributed by atoms with van der Waals surface area (Å²) >= 11 is 12.1. The summed E-state index contributed by atoms with van der Waals surface area (Å²) in [4.78, 5) is 12.3. The van der Waals surface area contributed by atoms with Gasteiger partial charge in [-0.05, 0) is 37.3 Å². The summed E-state index contributed by atoms with van der Waals surface area (Å²) in [5, 5.41) is 11.7. The molecule has 0 spiro atoms. The molecule has 3 aromatic rings. The lowest BCUT2D eigenvalue weighted by atomic mass is 10.1. The third-order valence-electron chi connectivity index (χ3n) is 3.64. The number of nitrogens with one attached hydrogen (secondary N) is 2. The van der Waals surface area contributed by atoms with Gasteiger partial charge in [0.1, 0.15) is 11.4 Å². The third kappa shape index (κ3) is 4.48. The van der Waals surface area contributed by atoms with Gasteiger partial charge in [-0.3, -0.25) is 9.89 Å². The van der Waals surface area contributed by atoms with Gasteiger partial charge < -0.3 is 4.74 Å². The van der Waals surface area contributed by atoms with Gasteiger partial charge >= 0.3 is 0 Å². The molecule has 27 heavy (non-hydrogen) atoms. The molecule has 138 valence electrons. The number of carbonyl (C=O) groups is 1. The Bertz CT molecular complexity index is 965. The van der Waals surface area contributed by atoms with Crippen molar-refractivity contribution in [3.05, 3.63) is 69.8 Å². The van der Waals surface area contributed by atoms with Gasteiger partial charge in [-0.1, -0.05) is 41.4 Å². The SMILES string of the molecule is CCOc1ccccc1-c1cc(C(=O)NN=Cc2c(Cl)cccc2Cl)[nH]n1. The molecular weight excluding hydrogens is 387 g/mol. The van der Waals surface area contributed by atoms with Gasteiger partial charge in [0.25, 0.3) is 5.91 Å². The number of rotatable bonds is 6. The number of aromatic amines is 1. The van der Waals surface area contributed by atoms with E-state index in [0.717, 1.165) is 5.56 Å². The predicted octanol–water partition coefficient (Wildman–Crippen LogP) is 4.55. The number of carbonyl (C=O) groups excluding carboxylic acids is 1. The fourth-order valence-corrected chi connectivity index (χ4v) is 2.88. The predicted molar refractivity (Wildman–Crippen MR) is 107 cm³/mol. The second kappa shape index (κ2) is 8.70. The van der Waals surface area contributed by atoms with Crippen LogP contribution in [-0.2, 0) is 0 Å². The standard InChI is InChI=1S/C19H16Cl2N4O2/c1-2-27-18-9-4-3-6-12(18)16-10-17(24-23-16)19(26)25-22-11-13-14(20)7-5-8-15(13)21/h3-11H,2H2,1H3,(H,23,24)(H,25,26). The molecule has 1 heterocycles. The van der Waals surface area contributed by atoms with Crippen LogP contribution >= 0.6 is 23.2 Å². The summed E-state index contributed by atoms with van der Waals surface area (Å²) in [7, 11) is 0. The lowest BCUT2D eigenvalue weighted by Crippen LogP contribution is -2.18. The van der Waals surface area contributed by atoms with Crippen LogP contribution in [-0.4, -0.2) is 28.9 Å². The monoisotopic (exact) mass is 402 g/mol. The largest absolute Gasteiger partial charge is 0.493 e. The van der Waals surface area contributed by atoms with E-state index in [1.54, 1.807) is 24.3 Å². The maximum absolute atomic E-state index is 12.3. The molecule has 8 heteroatoms. The van der Waals surface area contributed by atoms with Crippen LogP contribution in [0.25, 0.3) is 11.3 Å². The zero-order valence-corrected chi connectivity index (χ0v) is 15.9. The molecule has 0 saturated carbocycles. The lowest BCUT2D eigenvalue weighted by molar-refractivity contribution is 0.0950. The Hall–Kier alpha value is -2.83. The Morgan fingerprint density at radius 3 is 2.70 bits per heavy atom. The van der Waals surface area contributed by atoms with Crippen LogP contribution in [0.1, 0.15) is 23.0 Å². The van der Waals surface area contributed by atoms with E-state index in [1.165, 1.54) is 6.21 Å². The molecule has 0 saturated heterocycles. The molecule has 1 aromatic heterocycles. The number of para-hydroxylation sites is 1. The Labute approximate surface area is 166 Å². The van der Waals surface area contributed by atoms with Crippen molar-refractivity contribution < 1.29 is 9.53 Å². The number of aromatic nitrogens is 2. The van der Waals surface area contributed by atoms with Crippen molar-refractivity contribution in [2.24, 2.45) is 5.10 Å². The van der Waals surface area contributed by atoms with Gasteiger partial charge in [-0.2, -0.15) is 10.2 Å². The molecule has 0 aliphatic rings. The van der Waals surface area contributed by atoms with E-state index in [4.69, 9.17) is 27.9 Å². The number of hydrogen-bond donors (Lipinski definition) is 2. The average molecular weight is 403 g/mol. The molecule has 0 aliphatic carbocycles. The lowest BCUT2D eigenvalue weighted by Gasteiger charge is -2.07. The highest BCUT2D eigenvalue weighted by Gasteiger charge is 2.13. The van der Waals surface area contributed by atoms with Crippen LogP contribution < -0.4 is 10.2 Å². The highest BCUT2D eigenvalue weighted by molar-refractivity contribution is 6.38. The normalized spacial score (nSPS) is 10.9. The summed E-state index contributed by atoms with van der Waals surface area (Å²) in [5.41, 5.74) is 4.60. The van der Waals surface area contributed by atoms with Crippen LogP contribution in [0, 0.1) is 0 Å². The van der Waals surface area contributed by atoms with E-state index in [9.17, 15) is 4.79 Å². The number of ether oxygens (including phenoxy) is 1. The van der Waals surface area contributed by atoms with Crippen LogP contribution in [0.2, 0.25) is 10.0 Å². The Kier molecular flexibility index (Phi) is 6.11. The molecule has 3 rings (SSSR count). The van der Waals surface area contributed by atoms with Gasteiger partial charge in [-0.25, -0.2) is 5.43 Å². The molecule has 2 N–H and O–H groups in total. The highest BCUT2D eigenvalue weighted by atomic mass is 35.5. The average Bonchev–Trinajstić information content (AvgIpc) is 3.15. The topological polar surface area (TPSA) is 79.4 Å². The first-order chi connectivity index (χ1) is 13.1. The van der Waals surface area contributed by atoms with E-state index in [-0.39, 0.29) is 5.69 Å². The van der Waals surface area contributed by atoms with Crippen LogP contribution in [0.5, 0.6) is 5.75 Å². The van der Waals surface area contributed by atoms with Gasteiger partial charge in [-0.15, -0.1) is 0 Å². The maximum atomic E-state index is 12.3. The van der Waals surface area contributed by atoms with E-state index in [0.29, 0.717) is 33.7 Å². The first kappa shape index (κ1) is 18.9. The fourth-order valence-electron chi connectivity index (χ4n) is 2.39. The summed E-state index contributed by atoms with van der Waals surface area (Å²) in [5.74, 6) is 0.256. The van der Waals surface area contributed by atoms with Crippen molar-refractivity contribution in [2.75, 3.05) is 6.61 Å². The van der Waals surface area contributed by atoms with Crippen molar-refractivity contribution in [3.63, 3.8) is 0 Å². The van der Waals surface area contributed by atoms with E-state index in [1.807, 2.05) is 31.2 Å². The minimum Gasteiger partial charge on any atom is -0.493 e. The highest BCUT2D eigenvalue weighted by Crippen LogP contribution is 2.28. The minimum atomic E-state index is -0.443. The smallest absolute Gasteiger partial charge is 0.289 e. The van der Waals surface area contributed by atoms with Crippen molar-refractivity contribution in [2.45, 2.75) is 6.92 Å². The van der Waals surface area contributed by atoms with Crippen molar-refractivity contribution in [1.82, 2.24) is 15.6 Å². The molecule has 1 amide bonds. The van der Waals surface area contributed by atoms with Crippen LogP contribution in [0.3, 0.4) is 0 Å². The molecule has 6 nitrogen and oxygen atoms in total. The minimum absolute atomic E-state index is 0.263. The van der Waals surface area contributed by atoms with E-state index < -0.39 is 5.91 Å². The number of halogens is 2. The zero-order chi connectivity index (χ0) is 19.2. The molecule has 0 fully saturated rings. The van der Waals surface area contributed by atoms with Crippen molar-refractivity contribution >= 4 is 35.3 Å². The molecule has 0 unspecified atom stereocenters. The first-order valence-electron chi connectivity index (χ1n) is 8.15. The summed E-state index contributed by atoms with van der Waals surface area (Å²) < 4.78 is 5.59. The maximum Gasteiger partial charge on any atom is 0.289 e. The number of nitrogens with zero attached hydrogens (tertiary/aromatic N) is 2. The summed E-state index contributed by atoms with van der Waals surface area (Å²) in [6, 6.07) is 14.2. The van der Waals surface area contributed by atoms with E-state index >= 15 is 0 Å². The van der Waals surface area contributed by atoms with Crippen LogP contribution in [0.15, 0.2) is 53.6 Å².